The number of nitrogens with one attached hydrogen (secondary N) is 2. The summed E-state index contributed by atoms with van der Waals surface area (Å²) in [6, 6.07) is 7.23. The zero-order chi connectivity index (χ0) is 28.0. The zero-order valence-corrected chi connectivity index (χ0v) is 21.4. The number of aromatic hydroxyl groups is 1. The number of fused-ring (bicyclic) bond motifs is 5. The van der Waals surface area contributed by atoms with Gasteiger partial charge >= 0.3 is 0 Å². The number of aromatic amines is 2. The number of aromatic nitrogens is 5. The highest BCUT2D eigenvalue weighted by Crippen LogP contribution is 2.54. The van der Waals surface area contributed by atoms with E-state index in [1.54, 1.807) is 19.2 Å². The van der Waals surface area contributed by atoms with Gasteiger partial charge < -0.3 is 39.3 Å². The molecule has 3 aliphatic rings. The molecule has 5 aromatic rings. The lowest BCUT2D eigenvalue weighted by molar-refractivity contribution is -0.0432. The first-order valence-corrected chi connectivity index (χ1v) is 12.8. The Morgan fingerprint density at radius 1 is 1.24 bits per heavy atom. The van der Waals surface area contributed by atoms with Crippen molar-refractivity contribution in [2.45, 2.75) is 24.9 Å². The number of nitrogens with zero attached hydrogens (tertiary/aromatic N) is 4. The summed E-state index contributed by atoms with van der Waals surface area (Å²) in [4.78, 5) is 32.3. The van der Waals surface area contributed by atoms with Gasteiger partial charge in [-0.05, 0) is 17.7 Å². The second-order valence-corrected chi connectivity index (χ2v) is 9.93. The van der Waals surface area contributed by atoms with Crippen LogP contribution in [0.1, 0.15) is 23.9 Å². The third kappa shape index (κ3) is 3.29. The lowest BCUT2D eigenvalue weighted by Crippen LogP contribution is -2.24. The van der Waals surface area contributed by atoms with Crippen LogP contribution >= 0.6 is 0 Å². The maximum absolute atomic E-state index is 13.1. The van der Waals surface area contributed by atoms with Crippen LogP contribution < -0.4 is 19.8 Å². The largest absolute Gasteiger partial charge is 0.496 e. The molecule has 3 atom stereocenters. The Morgan fingerprint density at radius 2 is 2.12 bits per heavy atom. The number of benzene rings is 2. The van der Waals surface area contributed by atoms with E-state index >= 15 is 0 Å². The van der Waals surface area contributed by atoms with Gasteiger partial charge in [0, 0.05) is 22.8 Å². The number of methoxy groups -OCH3 is 1. The van der Waals surface area contributed by atoms with Gasteiger partial charge in [-0.3, -0.25) is 14.3 Å². The van der Waals surface area contributed by atoms with E-state index in [9.17, 15) is 20.1 Å². The summed E-state index contributed by atoms with van der Waals surface area (Å²) in [5.74, 6) is 1.44. The fourth-order valence-electron chi connectivity index (χ4n) is 5.90. The summed E-state index contributed by atoms with van der Waals surface area (Å²) in [5, 5.41) is 31.8. The van der Waals surface area contributed by atoms with Crippen molar-refractivity contribution in [2.75, 3.05) is 20.5 Å². The number of H-pyrrole nitrogens is 2. The van der Waals surface area contributed by atoms with E-state index in [0.717, 1.165) is 11.1 Å². The molecule has 0 unspecified atom stereocenters. The van der Waals surface area contributed by atoms with Crippen LogP contribution in [-0.4, -0.2) is 78.3 Å². The maximum Gasteiger partial charge on any atom is 0.280 e. The van der Waals surface area contributed by atoms with Gasteiger partial charge in [0.1, 0.15) is 23.8 Å². The molecule has 8 rings (SSSR count). The second kappa shape index (κ2) is 8.54. The number of ether oxygens (including phenoxy) is 4. The molecule has 208 valence electrons. The topological polar surface area (TPSA) is 189 Å². The summed E-state index contributed by atoms with van der Waals surface area (Å²) < 4.78 is 24.5. The molecule has 0 radical (unpaired) electrons. The minimum absolute atomic E-state index is 0.0280. The third-order valence-electron chi connectivity index (χ3n) is 7.73. The first-order chi connectivity index (χ1) is 20.0. The van der Waals surface area contributed by atoms with Crippen molar-refractivity contribution < 1.29 is 34.3 Å². The number of hydrogen-bond acceptors (Lipinski definition) is 11. The molecule has 2 aliphatic heterocycles. The van der Waals surface area contributed by atoms with Crippen molar-refractivity contribution in [2.24, 2.45) is 4.99 Å². The normalized spacial score (nSPS) is 21.7. The summed E-state index contributed by atoms with van der Waals surface area (Å²) in [5.41, 5.74) is 2.65. The molecule has 1 saturated heterocycles. The van der Waals surface area contributed by atoms with Crippen LogP contribution in [0.4, 0.5) is 5.95 Å². The lowest BCUT2D eigenvalue weighted by Gasteiger charge is -2.22. The Labute approximate surface area is 229 Å². The van der Waals surface area contributed by atoms with Crippen molar-refractivity contribution in [1.82, 2.24) is 24.5 Å². The Balaban J connectivity index is 1.37. The number of aliphatic hydroxyl groups excluding tert-OH is 2. The monoisotopic (exact) mass is 558 g/mol. The summed E-state index contributed by atoms with van der Waals surface area (Å²) in [6.07, 6.45) is -0.732. The molecule has 41 heavy (non-hydrogen) atoms. The van der Waals surface area contributed by atoms with Gasteiger partial charge in [0.2, 0.25) is 12.7 Å². The molecule has 3 aromatic heterocycles. The number of aliphatic hydroxyl groups is 2. The molecular formula is C27H22N6O8. The third-order valence-corrected chi connectivity index (χ3v) is 7.73. The predicted molar refractivity (Wildman–Crippen MR) is 143 cm³/mol. The Bertz CT molecular complexity index is 1990. The van der Waals surface area contributed by atoms with Gasteiger partial charge in [0.25, 0.3) is 5.56 Å². The molecule has 5 heterocycles. The minimum Gasteiger partial charge on any atom is -0.496 e. The first-order valence-electron chi connectivity index (χ1n) is 12.8. The van der Waals surface area contributed by atoms with E-state index in [2.05, 4.69) is 19.9 Å². The van der Waals surface area contributed by atoms with E-state index in [4.69, 9.17) is 23.9 Å². The molecule has 0 amide bonds. The molecule has 2 aromatic carbocycles. The highest BCUT2D eigenvalue weighted by atomic mass is 16.7. The number of hydrogen-bond donors (Lipinski definition) is 5. The average Bonchev–Trinajstić information content (AvgIpc) is 3.76. The lowest BCUT2D eigenvalue weighted by atomic mass is 9.85. The number of rotatable bonds is 4. The number of imidazole rings is 1. The molecule has 14 nitrogen and oxygen atoms in total. The maximum atomic E-state index is 13.1. The fraction of sp³-hybridized carbons (Fsp3) is 0.259. The van der Waals surface area contributed by atoms with E-state index in [0.29, 0.717) is 45.0 Å². The Hall–Kier alpha value is -4.92. The van der Waals surface area contributed by atoms with Crippen molar-refractivity contribution in [3.8, 4) is 34.3 Å². The van der Waals surface area contributed by atoms with Gasteiger partial charge in [-0.1, -0.05) is 12.1 Å². The summed E-state index contributed by atoms with van der Waals surface area (Å²) in [7, 11) is 1.54. The standard InChI is InChI=1S/C27H22N6O8/c1-38-13-4-2-3-10-17(13)20(21-18-11(25(36)29-21)5-14-23(19(10)18)40-9-39-14)30-27-31-24-22(26(37)32-27)28-8-33(24)16-6-12(35)15(7-34)41-16/h2-5,8,12,15-16,29,34-36H,6-7,9H2,1H3,(H,31,32,37)/b30-20-/t12-,15+,16-/m0/s1. The summed E-state index contributed by atoms with van der Waals surface area (Å²) in [6.45, 7) is -0.299. The van der Waals surface area contributed by atoms with Crippen LogP contribution in [0.5, 0.6) is 23.1 Å². The van der Waals surface area contributed by atoms with Crippen LogP contribution in [0.3, 0.4) is 0 Å². The molecule has 1 fully saturated rings. The van der Waals surface area contributed by atoms with Gasteiger partial charge in [0.05, 0.1) is 37.4 Å². The van der Waals surface area contributed by atoms with Gasteiger partial charge in [-0.2, -0.15) is 4.98 Å². The van der Waals surface area contributed by atoms with Crippen LogP contribution in [0, 0.1) is 0 Å². The first kappa shape index (κ1) is 23.9. The molecule has 1 aliphatic carbocycles. The van der Waals surface area contributed by atoms with Crippen molar-refractivity contribution >= 4 is 33.6 Å². The van der Waals surface area contributed by atoms with Gasteiger partial charge in [0.15, 0.2) is 28.5 Å². The molecular weight excluding hydrogens is 536 g/mol. The highest BCUT2D eigenvalue weighted by Gasteiger charge is 2.37. The van der Waals surface area contributed by atoms with Crippen molar-refractivity contribution in [1.29, 1.82) is 0 Å². The Kier molecular flexibility index (Phi) is 4.98. The van der Waals surface area contributed by atoms with E-state index in [1.807, 2.05) is 12.1 Å². The van der Waals surface area contributed by atoms with Crippen molar-refractivity contribution in [3.05, 3.63) is 52.2 Å². The van der Waals surface area contributed by atoms with Crippen LogP contribution in [0.15, 0.2) is 40.4 Å². The molecule has 14 heteroatoms. The summed E-state index contributed by atoms with van der Waals surface area (Å²) >= 11 is 0. The average molecular weight is 559 g/mol. The predicted octanol–water partition coefficient (Wildman–Crippen LogP) is 1.83. The molecule has 0 saturated carbocycles. The van der Waals surface area contributed by atoms with Crippen LogP contribution in [-0.2, 0) is 4.74 Å². The smallest absolute Gasteiger partial charge is 0.280 e. The van der Waals surface area contributed by atoms with E-state index in [1.165, 1.54) is 10.9 Å². The molecule has 5 N–H and O–H groups in total. The molecule has 0 bridgehead atoms. The van der Waals surface area contributed by atoms with Crippen LogP contribution in [0.2, 0.25) is 0 Å². The van der Waals surface area contributed by atoms with E-state index in [-0.39, 0.29) is 42.8 Å². The molecule has 0 spiro atoms. The van der Waals surface area contributed by atoms with Gasteiger partial charge in [-0.15, -0.1) is 0 Å². The Morgan fingerprint density at radius 3 is 2.93 bits per heavy atom. The van der Waals surface area contributed by atoms with Crippen molar-refractivity contribution in [3.63, 3.8) is 0 Å². The van der Waals surface area contributed by atoms with Gasteiger partial charge in [-0.25, -0.2) is 9.98 Å². The fourth-order valence-corrected chi connectivity index (χ4v) is 5.90. The van der Waals surface area contributed by atoms with Crippen LogP contribution in [0.25, 0.3) is 33.1 Å². The highest BCUT2D eigenvalue weighted by molar-refractivity contribution is 6.30. The minimum atomic E-state index is -0.880. The van der Waals surface area contributed by atoms with E-state index < -0.39 is 24.0 Å². The zero-order valence-electron chi connectivity index (χ0n) is 21.4. The second-order valence-electron chi connectivity index (χ2n) is 9.93. The SMILES string of the molecule is COc1cccc2c1/C(=N/c1nc3c(ncn3[C@@H]3C[C@H](O)[C@@H](CO)O3)c(=O)[nH]1)c1[nH]c(O)c3cc4c(c-2c13)OCO4. The quantitative estimate of drug-likeness (QED) is 0.213. The number of aliphatic imine (C=N–C) groups is 1.